The molecule has 0 radical (unpaired) electrons. The van der Waals surface area contributed by atoms with Crippen LogP contribution in [0.15, 0.2) is 30.5 Å². The summed E-state index contributed by atoms with van der Waals surface area (Å²) in [5, 5.41) is 3.56. The molecule has 0 amide bonds. The minimum Gasteiger partial charge on any atom is -0.397 e. The second-order valence-corrected chi connectivity index (χ2v) is 11.2. The first-order valence-corrected chi connectivity index (χ1v) is 13.0. The summed E-state index contributed by atoms with van der Waals surface area (Å²) in [6.07, 6.45) is 5.89. The van der Waals surface area contributed by atoms with Gasteiger partial charge in [0, 0.05) is 28.8 Å². The van der Waals surface area contributed by atoms with Gasteiger partial charge in [0.05, 0.1) is 5.70 Å². The largest absolute Gasteiger partial charge is 0.397 e. The number of rotatable bonds is 11. The molecule has 3 N–H and O–H groups in total. The van der Waals surface area contributed by atoms with Gasteiger partial charge in [0.25, 0.3) is 0 Å². The zero-order valence-corrected chi connectivity index (χ0v) is 21.5. The average Bonchev–Trinajstić information content (AvgIpc) is 2.64. The first kappa shape index (κ1) is 27.6. The molecular formula is C22H41N3S3. The molecule has 0 spiro atoms. The molecule has 0 aliphatic carbocycles. The maximum absolute atomic E-state index is 6.28. The van der Waals surface area contributed by atoms with Crippen molar-refractivity contribution in [2.45, 2.75) is 57.7 Å². The van der Waals surface area contributed by atoms with Gasteiger partial charge in [-0.25, -0.2) is 0 Å². The summed E-state index contributed by atoms with van der Waals surface area (Å²) in [5.74, 6) is 1.15. The molecule has 28 heavy (non-hydrogen) atoms. The minimum atomic E-state index is -0.0195. The predicted octanol–water partition coefficient (Wildman–Crippen LogP) is 5.67. The lowest BCUT2D eigenvalue weighted by atomic mass is 9.89. The number of hydrogen-bond acceptors (Lipinski definition) is 6. The molecule has 3 nitrogen and oxygen atoms in total. The van der Waals surface area contributed by atoms with Crippen LogP contribution in [-0.4, -0.2) is 47.8 Å². The minimum absolute atomic E-state index is 0.0195. The van der Waals surface area contributed by atoms with Gasteiger partial charge in [-0.2, -0.15) is 12.6 Å². The van der Waals surface area contributed by atoms with E-state index in [4.69, 9.17) is 5.73 Å². The normalized spacial score (nSPS) is 14.3. The van der Waals surface area contributed by atoms with E-state index in [0.717, 1.165) is 36.4 Å². The quantitative estimate of drug-likeness (QED) is 0.234. The number of hydrogen-bond donors (Lipinski definition) is 3. The molecular weight excluding hydrogens is 402 g/mol. The van der Waals surface area contributed by atoms with Gasteiger partial charge in [-0.3, -0.25) is 0 Å². The smallest absolute Gasteiger partial charge is 0.0547 e. The first-order valence-electron chi connectivity index (χ1n) is 9.77. The van der Waals surface area contributed by atoms with Crippen LogP contribution in [0.25, 0.3) is 5.70 Å². The Morgan fingerprint density at radius 1 is 1.25 bits per heavy atom. The monoisotopic (exact) mass is 443 g/mol. The molecule has 162 valence electrons. The fourth-order valence-corrected chi connectivity index (χ4v) is 5.99. The highest BCUT2D eigenvalue weighted by Gasteiger charge is 2.31. The molecule has 0 bridgehead atoms. The van der Waals surface area contributed by atoms with Gasteiger partial charge < -0.3 is 16.0 Å². The van der Waals surface area contributed by atoms with Gasteiger partial charge in [-0.15, -0.1) is 0 Å². The number of thiol groups is 1. The summed E-state index contributed by atoms with van der Waals surface area (Å²) in [6.45, 7) is 12.4. The molecule has 0 saturated carbocycles. The van der Waals surface area contributed by atoms with E-state index in [1.54, 1.807) is 6.26 Å². The van der Waals surface area contributed by atoms with E-state index in [2.05, 4.69) is 89.8 Å². The zero-order chi connectivity index (χ0) is 21.8. The van der Waals surface area contributed by atoms with Crippen molar-refractivity contribution in [1.29, 1.82) is 0 Å². The van der Waals surface area contributed by atoms with Gasteiger partial charge in [0.15, 0.2) is 0 Å². The fraction of sp³-hybridized carbons (Fsp3) is 0.636. The van der Waals surface area contributed by atoms with E-state index in [0.29, 0.717) is 0 Å². The van der Waals surface area contributed by atoms with Crippen LogP contribution in [0, 0.1) is 6.92 Å². The molecule has 0 aromatic heterocycles. The highest BCUT2D eigenvalue weighted by atomic mass is 33.1. The maximum Gasteiger partial charge on any atom is 0.0547 e. The van der Waals surface area contributed by atoms with Crippen molar-refractivity contribution in [3.8, 4) is 0 Å². The Bertz CT molecular complexity index is 588. The second-order valence-electron chi connectivity index (χ2n) is 8.19. The van der Waals surface area contributed by atoms with E-state index in [1.165, 1.54) is 5.56 Å². The van der Waals surface area contributed by atoms with Gasteiger partial charge in [0.1, 0.15) is 0 Å². The first-order chi connectivity index (χ1) is 13.1. The maximum atomic E-state index is 6.28. The zero-order valence-electron chi connectivity index (χ0n) is 19.0. The lowest BCUT2D eigenvalue weighted by Crippen LogP contribution is -2.42. The summed E-state index contributed by atoms with van der Waals surface area (Å²) >= 11 is 3.53. The Kier molecular flexibility index (Phi) is 13.5. The van der Waals surface area contributed by atoms with Crippen LogP contribution in [0.5, 0.6) is 0 Å². The molecule has 6 heteroatoms. The van der Waals surface area contributed by atoms with Gasteiger partial charge in [-0.05, 0) is 72.5 Å². The van der Waals surface area contributed by atoms with Crippen molar-refractivity contribution >= 4 is 39.9 Å². The number of benzene rings is 1. The SMILES string of the molecule is CCC(C)(CC(C)(C)N/C=C(\N)c1cccc(C)c1)SSCCN(C)C.CS. The van der Waals surface area contributed by atoms with Crippen molar-refractivity contribution in [1.82, 2.24) is 10.2 Å². The van der Waals surface area contributed by atoms with Crippen LogP contribution in [0.2, 0.25) is 0 Å². The number of aryl methyl sites for hydroxylation is 1. The van der Waals surface area contributed by atoms with Crippen LogP contribution < -0.4 is 11.1 Å². The Balaban J connectivity index is 0.00000352. The molecule has 1 aromatic rings. The Morgan fingerprint density at radius 2 is 1.89 bits per heavy atom. The van der Waals surface area contributed by atoms with Gasteiger partial charge in [0.2, 0.25) is 0 Å². The molecule has 0 aliphatic heterocycles. The third-order valence-electron chi connectivity index (χ3n) is 4.42. The van der Waals surface area contributed by atoms with Crippen LogP contribution in [0.4, 0.5) is 0 Å². The Hall–Kier alpha value is -0.430. The molecule has 0 fully saturated rings. The van der Waals surface area contributed by atoms with Crippen molar-refractivity contribution in [3.63, 3.8) is 0 Å². The third kappa shape index (κ3) is 11.5. The third-order valence-corrected chi connectivity index (χ3v) is 7.78. The number of nitrogens with two attached hydrogens (primary N) is 1. The molecule has 1 unspecified atom stereocenters. The summed E-state index contributed by atoms with van der Waals surface area (Å²) in [5.41, 5.74) is 9.34. The Morgan fingerprint density at radius 3 is 2.43 bits per heavy atom. The van der Waals surface area contributed by atoms with E-state index < -0.39 is 0 Å². The van der Waals surface area contributed by atoms with Crippen LogP contribution in [0.1, 0.15) is 51.7 Å². The highest BCUT2D eigenvalue weighted by molar-refractivity contribution is 8.77. The summed E-state index contributed by atoms with van der Waals surface area (Å²) in [7, 11) is 8.26. The molecule has 0 heterocycles. The van der Waals surface area contributed by atoms with Crippen molar-refractivity contribution in [2.24, 2.45) is 5.73 Å². The molecule has 1 atom stereocenters. The van der Waals surface area contributed by atoms with Crippen molar-refractivity contribution in [3.05, 3.63) is 41.6 Å². The van der Waals surface area contributed by atoms with Crippen LogP contribution in [0.3, 0.4) is 0 Å². The fourth-order valence-electron chi connectivity index (χ4n) is 2.78. The van der Waals surface area contributed by atoms with Crippen LogP contribution >= 0.6 is 34.2 Å². The average molecular weight is 444 g/mol. The number of nitrogens with zero attached hydrogens (tertiary/aromatic N) is 1. The van der Waals surface area contributed by atoms with Crippen molar-refractivity contribution in [2.75, 3.05) is 32.6 Å². The summed E-state index contributed by atoms with van der Waals surface area (Å²) in [4.78, 5) is 2.24. The second kappa shape index (κ2) is 13.7. The van der Waals surface area contributed by atoms with E-state index in [1.807, 2.05) is 33.9 Å². The van der Waals surface area contributed by atoms with Gasteiger partial charge >= 0.3 is 0 Å². The Labute approximate surface area is 187 Å². The lowest BCUT2D eigenvalue weighted by Gasteiger charge is -2.36. The summed E-state index contributed by atoms with van der Waals surface area (Å²) < 4.78 is 0.236. The molecule has 0 aliphatic rings. The standard InChI is InChI=1S/C21H37N3S2.CH4S/c1-8-21(5,26-25-13-12-24(6)7)16-20(3,4)23-15-19(22)18-11-9-10-17(2)14-18;1-2/h9-11,14-15,23H,8,12-13,16,22H2,1-7H3;2H,1H3/b19-15-;. The van der Waals surface area contributed by atoms with E-state index in [-0.39, 0.29) is 10.3 Å². The predicted molar refractivity (Wildman–Crippen MR) is 137 cm³/mol. The van der Waals surface area contributed by atoms with E-state index in [9.17, 15) is 0 Å². The van der Waals surface area contributed by atoms with Gasteiger partial charge in [-0.1, -0.05) is 52.3 Å². The molecule has 0 saturated heterocycles. The molecule has 1 rings (SSSR count). The molecule has 1 aromatic carbocycles. The lowest BCUT2D eigenvalue weighted by molar-refractivity contribution is 0.357. The highest BCUT2D eigenvalue weighted by Crippen LogP contribution is 2.43. The number of nitrogens with one attached hydrogen (secondary N) is 1. The van der Waals surface area contributed by atoms with Crippen LogP contribution in [-0.2, 0) is 0 Å². The van der Waals surface area contributed by atoms with E-state index >= 15 is 0 Å². The summed E-state index contributed by atoms with van der Waals surface area (Å²) in [6, 6.07) is 8.31. The van der Waals surface area contributed by atoms with Crippen molar-refractivity contribution < 1.29 is 0 Å². The topological polar surface area (TPSA) is 41.3 Å².